The van der Waals surface area contributed by atoms with E-state index in [1.54, 1.807) is 0 Å². The SMILES string of the molecule is CC/C=C(/Nc1ccc(C2CCCC2)cc1)c1cc(N=O)ccc1F. The van der Waals surface area contributed by atoms with Crippen LogP contribution in [0.4, 0.5) is 15.8 Å². The quantitative estimate of drug-likeness (QED) is 0.592. The van der Waals surface area contributed by atoms with Gasteiger partial charge in [-0.25, -0.2) is 4.39 Å². The molecule has 0 aromatic heterocycles. The van der Waals surface area contributed by atoms with E-state index in [1.165, 1.54) is 49.4 Å². The lowest BCUT2D eigenvalue weighted by molar-refractivity contribution is 0.624. The maximum absolute atomic E-state index is 14.2. The van der Waals surface area contributed by atoms with Gasteiger partial charge in [0, 0.05) is 16.9 Å². The van der Waals surface area contributed by atoms with Crippen molar-refractivity contribution in [3.05, 3.63) is 70.4 Å². The standard InChI is InChI=1S/C21H23FN2O/c1-2-5-21(19-14-18(24-25)12-13-20(19)22)23-17-10-8-16(9-11-17)15-6-3-4-7-15/h5,8-15,23H,2-4,6-7H2,1H3/b21-5+. The second-order valence-electron chi connectivity index (χ2n) is 6.51. The first-order chi connectivity index (χ1) is 12.2. The van der Waals surface area contributed by atoms with E-state index in [4.69, 9.17) is 0 Å². The van der Waals surface area contributed by atoms with Gasteiger partial charge in [-0.05, 0) is 66.3 Å². The molecule has 3 rings (SSSR count). The van der Waals surface area contributed by atoms with Gasteiger partial charge in [0.05, 0.1) is 0 Å². The van der Waals surface area contributed by atoms with Gasteiger partial charge < -0.3 is 5.32 Å². The van der Waals surface area contributed by atoms with Crippen LogP contribution in [0, 0.1) is 10.7 Å². The molecule has 0 amide bonds. The molecule has 0 saturated heterocycles. The van der Waals surface area contributed by atoms with Crippen LogP contribution in [0.3, 0.4) is 0 Å². The van der Waals surface area contributed by atoms with E-state index in [2.05, 4.69) is 22.6 Å². The van der Waals surface area contributed by atoms with E-state index in [0.717, 1.165) is 12.1 Å². The summed E-state index contributed by atoms with van der Waals surface area (Å²) >= 11 is 0. The molecule has 1 saturated carbocycles. The molecule has 130 valence electrons. The molecular weight excluding hydrogens is 315 g/mol. The van der Waals surface area contributed by atoms with Crippen molar-refractivity contribution in [2.45, 2.75) is 44.9 Å². The molecule has 1 N–H and O–H groups in total. The predicted octanol–water partition coefficient (Wildman–Crippen LogP) is 6.74. The van der Waals surface area contributed by atoms with Crippen LogP contribution in [0.1, 0.15) is 56.1 Å². The third-order valence-corrected chi connectivity index (χ3v) is 4.77. The third-order valence-electron chi connectivity index (χ3n) is 4.77. The fraction of sp³-hybridized carbons (Fsp3) is 0.333. The molecule has 2 aromatic rings. The maximum Gasteiger partial charge on any atom is 0.132 e. The number of nitrogens with zero attached hydrogens (tertiary/aromatic N) is 1. The van der Waals surface area contributed by atoms with Crippen molar-refractivity contribution < 1.29 is 4.39 Å². The Hall–Kier alpha value is -2.49. The normalized spacial score (nSPS) is 15.4. The van der Waals surface area contributed by atoms with Crippen LogP contribution in [-0.4, -0.2) is 0 Å². The molecule has 0 aliphatic heterocycles. The van der Waals surface area contributed by atoms with Crippen molar-refractivity contribution in [3.63, 3.8) is 0 Å². The van der Waals surface area contributed by atoms with Gasteiger partial charge in [0.1, 0.15) is 11.5 Å². The second-order valence-corrected chi connectivity index (χ2v) is 6.51. The Morgan fingerprint density at radius 1 is 1.20 bits per heavy atom. The van der Waals surface area contributed by atoms with Gasteiger partial charge in [-0.3, -0.25) is 0 Å². The Kier molecular flexibility index (Phi) is 5.59. The number of nitrogens with one attached hydrogen (secondary N) is 1. The second kappa shape index (κ2) is 8.06. The highest BCUT2D eigenvalue weighted by Crippen LogP contribution is 2.34. The van der Waals surface area contributed by atoms with E-state index >= 15 is 0 Å². The first-order valence-electron chi connectivity index (χ1n) is 8.91. The first-order valence-corrected chi connectivity index (χ1v) is 8.91. The summed E-state index contributed by atoms with van der Waals surface area (Å²) in [6, 6.07) is 12.5. The molecule has 1 fully saturated rings. The summed E-state index contributed by atoms with van der Waals surface area (Å²) in [4.78, 5) is 10.8. The van der Waals surface area contributed by atoms with Crippen LogP contribution in [0.2, 0.25) is 0 Å². The predicted molar refractivity (Wildman–Crippen MR) is 101 cm³/mol. The molecule has 4 heteroatoms. The molecule has 1 aliphatic rings. The highest BCUT2D eigenvalue weighted by molar-refractivity contribution is 5.78. The summed E-state index contributed by atoms with van der Waals surface area (Å²) in [5.41, 5.74) is 3.52. The highest BCUT2D eigenvalue weighted by atomic mass is 19.1. The van der Waals surface area contributed by atoms with E-state index in [0.29, 0.717) is 17.2 Å². The average Bonchev–Trinajstić information content (AvgIpc) is 3.17. The lowest BCUT2D eigenvalue weighted by Gasteiger charge is -2.15. The summed E-state index contributed by atoms with van der Waals surface area (Å²) < 4.78 is 14.2. The fourth-order valence-electron chi connectivity index (χ4n) is 3.46. The van der Waals surface area contributed by atoms with Crippen LogP contribution in [-0.2, 0) is 0 Å². The van der Waals surface area contributed by atoms with Gasteiger partial charge in [0.25, 0.3) is 0 Å². The minimum atomic E-state index is -0.373. The topological polar surface area (TPSA) is 41.5 Å². The summed E-state index contributed by atoms with van der Waals surface area (Å²) in [6.45, 7) is 1.99. The molecular formula is C21H23FN2O. The Morgan fingerprint density at radius 2 is 1.92 bits per heavy atom. The van der Waals surface area contributed by atoms with E-state index < -0.39 is 0 Å². The molecule has 0 unspecified atom stereocenters. The monoisotopic (exact) mass is 338 g/mol. The summed E-state index contributed by atoms with van der Waals surface area (Å²) in [5.74, 6) is 0.301. The molecule has 0 atom stereocenters. The maximum atomic E-state index is 14.2. The molecule has 3 nitrogen and oxygen atoms in total. The van der Waals surface area contributed by atoms with Crippen LogP contribution in [0.15, 0.2) is 53.7 Å². The van der Waals surface area contributed by atoms with Gasteiger partial charge in [-0.2, -0.15) is 0 Å². The van der Waals surface area contributed by atoms with Crippen molar-refractivity contribution in [2.24, 2.45) is 5.18 Å². The molecule has 1 aliphatic carbocycles. The van der Waals surface area contributed by atoms with Crippen molar-refractivity contribution in [1.82, 2.24) is 0 Å². The Labute approximate surface area is 147 Å². The summed E-state index contributed by atoms with van der Waals surface area (Å²) in [5, 5.41) is 6.19. The summed E-state index contributed by atoms with van der Waals surface area (Å²) in [6.07, 6.45) is 7.83. The number of hydrogen-bond acceptors (Lipinski definition) is 3. The third kappa shape index (κ3) is 4.13. The van der Waals surface area contributed by atoms with Crippen molar-refractivity contribution >= 4 is 17.1 Å². The minimum Gasteiger partial charge on any atom is -0.355 e. The number of nitroso groups, excluding NO2 is 1. The smallest absolute Gasteiger partial charge is 0.132 e. The van der Waals surface area contributed by atoms with Gasteiger partial charge in [0.15, 0.2) is 0 Å². The molecule has 0 heterocycles. The molecule has 25 heavy (non-hydrogen) atoms. The van der Waals surface area contributed by atoms with Gasteiger partial charge in [-0.1, -0.05) is 38.0 Å². The van der Waals surface area contributed by atoms with Crippen molar-refractivity contribution in [3.8, 4) is 0 Å². The molecule has 0 radical (unpaired) electrons. The lowest BCUT2D eigenvalue weighted by Crippen LogP contribution is -2.02. The Bertz CT molecular complexity index is 762. The zero-order chi connectivity index (χ0) is 17.6. The number of halogens is 1. The molecule has 0 bridgehead atoms. The highest BCUT2D eigenvalue weighted by Gasteiger charge is 2.17. The number of allylic oxidation sites excluding steroid dienone is 1. The van der Waals surface area contributed by atoms with Crippen LogP contribution in [0.25, 0.3) is 5.70 Å². The Balaban J connectivity index is 1.82. The Morgan fingerprint density at radius 3 is 2.56 bits per heavy atom. The number of hydrogen-bond donors (Lipinski definition) is 1. The zero-order valence-electron chi connectivity index (χ0n) is 14.5. The molecule has 2 aromatic carbocycles. The average molecular weight is 338 g/mol. The fourth-order valence-corrected chi connectivity index (χ4v) is 3.46. The van der Waals surface area contributed by atoms with Crippen molar-refractivity contribution in [1.29, 1.82) is 0 Å². The van der Waals surface area contributed by atoms with Gasteiger partial charge in [0.2, 0.25) is 0 Å². The number of anilines is 1. The number of rotatable bonds is 6. The largest absolute Gasteiger partial charge is 0.355 e. The van der Waals surface area contributed by atoms with E-state index in [-0.39, 0.29) is 11.5 Å². The van der Waals surface area contributed by atoms with Gasteiger partial charge >= 0.3 is 0 Å². The van der Waals surface area contributed by atoms with Crippen LogP contribution in [0.5, 0.6) is 0 Å². The van der Waals surface area contributed by atoms with Crippen LogP contribution < -0.4 is 5.32 Å². The van der Waals surface area contributed by atoms with E-state index in [9.17, 15) is 9.30 Å². The van der Waals surface area contributed by atoms with E-state index in [1.807, 2.05) is 25.1 Å². The number of benzene rings is 2. The van der Waals surface area contributed by atoms with Gasteiger partial charge in [-0.15, -0.1) is 4.91 Å². The molecule has 0 spiro atoms. The van der Waals surface area contributed by atoms with Crippen LogP contribution >= 0.6 is 0 Å². The minimum absolute atomic E-state index is 0.219. The van der Waals surface area contributed by atoms with Crippen molar-refractivity contribution in [2.75, 3.05) is 5.32 Å². The first kappa shape index (κ1) is 17.3. The summed E-state index contributed by atoms with van der Waals surface area (Å²) in [7, 11) is 0. The zero-order valence-corrected chi connectivity index (χ0v) is 14.5. The lowest BCUT2D eigenvalue weighted by atomic mass is 9.97.